The lowest BCUT2D eigenvalue weighted by molar-refractivity contribution is -0.385. The number of nitrogens with one attached hydrogen (secondary N) is 1. The van der Waals surface area contributed by atoms with Crippen molar-refractivity contribution in [2.75, 3.05) is 5.32 Å². The molecule has 0 spiro atoms. The van der Waals surface area contributed by atoms with Crippen molar-refractivity contribution in [3.05, 3.63) is 67.9 Å². The van der Waals surface area contributed by atoms with Crippen LogP contribution < -0.4 is 5.32 Å². The van der Waals surface area contributed by atoms with Gasteiger partial charge in [-0.2, -0.15) is 0 Å². The van der Waals surface area contributed by atoms with Gasteiger partial charge in [-0.05, 0) is 52.7 Å². The Morgan fingerprint density at radius 1 is 1.30 bits per heavy atom. The van der Waals surface area contributed by atoms with Crippen LogP contribution in [0.1, 0.15) is 11.1 Å². The average molecular weight is 339 g/mol. The van der Waals surface area contributed by atoms with Crippen molar-refractivity contribution >= 4 is 27.3 Å². The molecule has 0 aromatic heterocycles. The Morgan fingerprint density at radius 3 is 2.75 bits per heavy atom. The number of hydrogen-bond donors (Lipinski definition) is 1. The molecule has 2 aromatic rings. The molecule has 4 nitrogen and oxygen atoms in total. The van der Waals surface area contributed by atoms with Crippen molar-refractivity contribution in [2.24, 2.45) is 0 Å². The predicted molar refractivity (Wildman–Crippen MR) is 79.3 cm³/mol. The molecule has 0 atom stereocenters. The molecule has 104 valence electrons. The number of nitro benzene ring substituents is 1. The highest BCUT2D eigenvalue weighted by Crippen LogP contribution is 2.26. The smallest absolute Gasteiger partial charge is 0.274 e. The van der Waals surface area contributed by atoms with Gasteiger partial charge in [-0.1, -0.05) is 6.07 Å². The second kappa shape index (κ2) is 6.00. The van der Waals surface area contributed by atoms with Gasteiger partial charge in [0, 0.05) is 22.8 Å². The van der Waals surface area contributed by atoms with E-state index in [1.165, 1.54) is 12.1 Å². The van der Waals surface area contributed by atoms with E-state index in [2.05, 4.69) is 21.2 Å². The lowest BCUT2D eigenvalue weighted by Gasteiger charge is -2.10. The Hall–Kier alpha value is -1.95. The van der Waals surface area contributed by atoms with E-state index >= 15 is 0 Å². The number of anilines is 1. The molecular formula is C14H12BrFN2O2. The molecule has 0 heterocycles. The maximum atomic E-state index is 13.2. The summed E-state index contributed by atoms with van der Waals surface area (Å²) in [4.78, 5) is 10.4. The third-order valence-corrected chi connectivity index (χ3v) is 3.52. The van der Waals surface area contributed by atoms with Crippen LogP contribution in [0.15, 0.2) is 40.9 Å². The second-order valence-corrected chi connectivity index (χ2v) is 5.22. The normalized spacial score (nSPS) is 10.3. The first-order valence-electron chi connectivity index (χ1n) is 5.90. The first-order chi connectivity index (χ1) is 9.47. The van der Waals surface area contributed by atoms with E-state index in [1.54, 1.807) is 0 Å². The number of nitrogens with zero attached hydrogens (tertiary/aromatic N) is 1. The summed E-state index contributed by atoms with van der Waals surface area (Å²) in [6, 6.07) is 9.18. The molecule has 0 saturated carbocycles. The van der Waals surface area contributed by atoms with Crippen molar-refractivity contribution < 1.29 is 9.31 Å². The van der Waals surface area contributed by atoms with Crippen LogP contribution in [-0.2, 0) is 6.54 Å². The standard InChI is InChI=1S/C14H12BrFN2O2/c1-9-2-4-12(15)13(6-9)17-8-10-7-11(16)3-5-14(10)18(19)20/h2-7,17H,8H2,1H3. The van der Waals surface area contributed by atoms with E-state index in [1.807, 2.05) is 25.1 Å². The molecule has 6 heteroatoms. The van der Waals surface area contributed by atoms with Gasteiger partial charge in [0.1, 0.15) is 5.82 Å². The first kappa shape index (κ1) is 14.5. The third kappa shape index (κ3) is 3.33. The summed E-state index contributed by atoms with van der Waals surface area (Å²) >= 11 is 3.40. The molecule has 1 N–H and O–H groups in total. The zero-order chi connectivity index (χ0) is 14.7. The van der Waals surface area contributed by atoms with Crippen molar-refractivity contribution in [1.29, 1.82) is 0 Å². The van der Waals surface area contributed by atoms with Crippen molar-refractivity contribution in [3.8, 4) is 0 Å². The maximum absolute atomic E-state index is 13.2. The Morgan fingerprint density at radius 2 is 2.05 bits per heavy atom. The molecular weight excluding hydrogens is 327 g/mol. The topological polar surface area (TPSA) is 55.2 Å². The summed E-state index contributed by atoms with van der Waals surface area (Å²) < 4.78 is 14.1. The van der Waals surface area contributed by atoms with Gasteiger partial charge in [-0.25, -0.2) is 4.39 Å². The summed E-state index contributed by atoms with van der Waals surface area (Å²) in [6.07, 6.45) is 0. The fraction of sp³-hybridized carbons (Fsp3) is 0.143. The lowest BCUT2D eigenvalue weighted by Crippen LogP contribution is -2.04. The minimum atomic E-state index is -0.512. The summed E-state index contributed by atoms with van der Waals surface area (Å²) in [7, 11) is 0. The molecule has 0 aliphatic carbocycles. The summed E-state index contributed by atoms with van der Waals surface area (Å²) in [5, 5.41) is 14.0. The molecule has 20 heavy (non-hydrogen) atoms. The lowest BCUT2D eigenvalue weighted by atomic mass is 10.1. The summed E-state index contributed by atoms with van der Waals surface area (Å²) in [5.41, 5.74) is 2.08. The van der Waals surface area contributed by atoms with Crippen LogP contribution in [0.5, 0.6) is 0 Å². The van der Waals surface area contributed by atoms with E-state index in [-0.39, 0.29) is 12.2 Å². The fourth-order valence-corrected chi connectivity index (χ4v) is 2.23. The Kier molecular flexibility index (Phi) is 4.34. The number of benzene rings is 2. The van der Waals surface area contributed by atoms with Gasteiger partial charge >= 0.3 is 0 Å². The predicted octanol–water partition coefficient (Wildman–Crippen LogP) is 4.42. The summed E-state index contributed by atoms with van der Waals surface area (Å²) in [6.45, 7) is 2.12. The molecule has 0 radical (unpaired) electrons. The van der Waals surface area contributed by atoms with Gasteiger partial charge in [0.2, 0.25) is 0 Å². The SMILES string of the molecule is Cc1ccc(Br)c(NCc2cc(F)ccc2[N+](=O)[O-])c1. The van der Waals surface area contributed by atoms with Gasteiger partial charge in [0.05, 0.1) is 10.5 Å². The molecule has 2 aromatic carbocycles. The number of rotatable bonds is 4. The minimum Gasteiger partial charge on any atom is -0.380 e. The van der Waals surface area contributed by atoms with Gasteiger partial charge in [-0.3, -0.25) is 10.1 Å². The first-order valence-corrected chi connectivity index (χ1v) is 6.69. The van der Waals surface area contributed by atoms with E-state index < -0.39 is 10.7 Å². The highest BCUT2D eigenvalue weighted by atomic mass is 79.9. The van der Waals surface area contributed by atoms with Gasteiger partial charge < -0.3 is 5.32 Å². The third-order valence-electron chi connectivity index (χ3n) is 2.83. The second-order valence-electron chi connectivity index (χ2n) is 4.37. The largest absolute Gasteiger partial charge is 0.380 e. The van der Waals surface area contributed by atoms with E-state index in [0.717, 1.165) is 21.8 Å². The Bertz CT molecular complexity index is 662. The number of aryl methyl sites for hydroxylation is 1. The van der Waals surface area contributed by atoms with Crippen LogP contribution in [-0.4, -0.2) is 4.92 Å². The molecule has 2 rings (SSSR count). The van der Waals surface area contributed by atoms with E-state index in [0.29, 0.717) is 5.56 Å². The van der Waals surface area contributed by atoms with Crippen LogP contribution in [0, 0.1) is 22.9 Å². The van der Waals surface area contributed by atoms with Gasteiger partial charge in [0.15, 0.2) is 0 Å². The molecule has 0 saturated heterocycles. The van der Waals surface area contributed by atoms with Crippen LogP contribution in [0.4, 0.5) is 15.8 Å². The monoisotopic (exact) mass is 338 g/mol. The van der Waals surface area contributed by atoms with Gasteiger partial charge in [-0.15, -0.1) is 0 Å². The minimum absolute atomic E-state index is 0.0947. The van der Waals surface area contributed by atoms with Crippen molar-refractivity contribution in [2.45, 2.75) is 13.5 Å². The molecule has 0 unspecified atom stereocenters. The zero-order valence-corrected chi connectivity index (χ0v) is 12.3. The average Bonchev–Trinajstić information content (AvgIpc) is 2.39. The maximum Gasteiger partial charge on any atom is 0.274 e. The van der Waals surface area contributed by atoms with Crippen LogP contribution in [0.25, 0.3) is 0 Å². The fourth-order valence-electron chi connectivity index (χ4n) is 1.84. The zero-order valence-electron chi connectivity index (χ0n) is 10.7. The van der Waals surface area contributed by atoms with E-state index in [4.69, 9.17) is 0 Å². The Labute approximate surface area is 123 Å². The number of halogens is 2. The van der Waals surface area contributed by atoms with Crippen molar-refractivity contribution in [3.63, 3.8) is 0 Å². The highest BCUT2D eigenvalue weighted by molar-refractivity contribution is 9.10. The van der Waals surface area contributed by atoms with Crippen LogP contribution >= 0.6 is 15.9 Å². The quantitative estimate of drug-likeness (QED) is 0.663. The molecule has 0 fully saturated rings. The number of hydrogen-bond acceptors (Lipinski definition) is 3. The molecule has 0 aliphatic rings. The Balaban J connectivity index is 2.24. The highest BCUT2D eigenvalue weighted by Gasteiger charge is 2.14. The van der Waals surface area contributed by atoms with Crippen molar-refractivity contribution in [1.82, 2.24) is 0 Å². The van der Waals surface area contributed by atoms with Gasteiger partial charge in [0.25, 0.3) is 5.69 Å². The van der Waals surface area contributed by atoms with Crippen LogP contribution in [0.2, 0.25) is 0 Å². The molecule has 0 aliphatic heterocycles. The number of nitro groups is 1. The molecule has 0 bridgehead atoms. The van der Waals surface area contributed by atoms with Crippen LogP contribution in [0.3, 0.4) is 0 Å². The molecule has 0 amide bonds. The summed E-state index contributed by atoms with van der Waals surface area (Å²) in [5.74, 6) is -0.490. The van der Waals surface area contributed by atoms with E-state index in [9.17, 15) is 14.5 Å².